The van der Waals surface area contributed by atoms with Crippen molar-refractivity contribution in [3.8, 4) is 0 Å². The van der Waals surface area contributed by atoms with Crippen molar-refractivity contribution in [2.75, 3.05) is 12.4 Å². The molecule has 14 heavy (non-hydrogen) atoms. The number of hydrogen-bond acceptors (Lipinski definition) is 1. The van der Waals surface area contributed by atoms with Crippen LogP contribution in [0.1, 0.15) is 40.0 Å². The molecule has 0 aromatic carbocycles. The minimum Gasteiger partial charge on any atom is -0.339 e. The van der Waals surface area contributed by atoms with E-state index in [1.165, 1.54) is 0 Å². The van der Waals surface area contributed by atoms with Crippen LogP contribution in [0.25, 0.3) is 0 Å². The standard InChI is InChI=1S/C11H20ClNO/c1-4-9-6-5-7-13(9)10(14)11(2,3)8-12/h9H,4-8H2,1-3H3. The molecule has 1 fully saturated rings. The molecule has 1 amide bonds. The highest BCUT2D eigenvalue weighted by Crippen LogP contribution is 2.27. The summed E-state index contributed by atoms with van der Waals surface area (Å²) in [6.45, 7) is 6.91. The van der Waals surface area contributed by atoms with E-state index in [2.05, 4.69) is 6.92 Å². The lowest BCUT2D eigenvalue weighted by Crippen LogP contribution is -2.44. The van der Waals surface area contributed by atoms with Gasteiger partial charge in [-0.25, -0.2) is 0 Å². The second kappa shape index (κ2) is 4.52. The maximum Gasteiger partial charge on any atom is 0.229 e. The quantitative estimate of drug-likeness (QED) is 0.666. The first-order valence-corrected chi connectivity index (χ1v) is 5.93. The van der Waals surface area contributed by atoms with Crippen LogP contribution < -0.4 is 0 Å². The first-order valence-electron chi connectivity index (χ1n) is 5.40. The van der Waals surface area contributed by atoms with Crippen LogP contribution in [-0.2, 0) is 4.79 Å². The molecule has 1 aliphatic heterocycles. The third-order valence-electron chi connectivity index (χ3n) is 3.02. The summed E-state index contributed by atoms with van der Waals surface area (Å²) in [6.07, 6.45) is 3.35. The van der Waals surface area contributed by atoms with Crippen molar-refractivity contribution >= 4 is 17.5 Å². The van der Waals surface area contributed by atoms with Crippen molar-refractivity contribution in [3.63, 3.8) is 0 Å². The molecule has 1 heterocycles. The van der Waals surface area contributed by atoms with Gasteiger partial charge < -0.3 is 4.90 Å². The zero-order chi connectivity index (χ0) is 10.8. The molecular formula is C11H20ClNO. The molecular weight excluding hydrogens is 198 g/mol. The average Bonchev–Trinajstić information content (AvgIpc) is 2.64. The average molecular weight is 218 g/mol. The summed E-state index contributed by atoms with van der Waals surface area (Å²) >= 11 is 5.81. The number of alkyl halides is 1. The van der Waals surface area contributed by atoms with E-state index in [1.807, 2.05) is 18.7 Å². The van der Waals surface area contributed by atoms with Crippen LogP contribution in [0.3, 0.4) is 0 Å². The van der Waals surface area contributed by atoms with Crippen LogP contribution >= 0.6 is 11.6 Å². The van der Waals surface area contributed by atoms with Crippen molar-refractivity contribution in [2.24, 2.45) is 5.41 Å². The Kier molecular flexibility index (Phi) is 3.82. The lowest BCUT2D eigenvalue weighted by Gasteiger charge is -2.31. The zero-order valence-electron chi connectivity index (χ0n) is 9.35. The molecule has 0 N–H and O–H groups in total. The molecule has 0 bridgehead atoms. The van der Waals surface area contributed by atoms with Gasteiger partial charge in [-0.15, -0.1) is 11.6 Å². The van der Waals surface area contributed by atoms with Crippen molar-refractivity contribution in [3.05, 3.63) is 0 Å². The van der Waals surface area contributed by atoms with E-state index >= 15 is 0 Å². The first kappa shape index (κ1) is 11.8. The Labute approximate surface area is 91.6 Å². The number of carbonyl (C=O) groups is 1. The minimum absolute atomic E-state index is 0.219. The fraction of sp³-hybridized carbons (Fsp3) is 0.909. The number of likely N-dealkylation sites (tertiary alicyclic amines) is 1. The van der Waals surface area contributed by atoms with E-state index in [4.69, 9.17) is 11.6 Å². The number of amides is 1. The van der Waals surface area contributed by atoms with Gasteiger partial charge in [0.25, 0.3) is 0 Å². The number of nitrogens with zero attached hydrogens (tertiary/aromatic N) is 1. The zero-order valence-corrected chi connectivity index (χ0v) is 10.1. The van der Waals surface area contributed by atoms with Crippen LogP contribution in [-0.4, -0.2) is 29.3 Å². The molecule has 2 nitrogen and oxygen atoms in total. The second-order valence-electron chi connectivity index (χ2n) is 4.72. The largest absolute Gasteiger partial charge is 0.339 e. The van der Waals surface area contributed by atoms with E-state index in [1.54, 1.807) is 0 Å². The minimum atomic E-state index is -0.403. The van der Waals surface area contributed by atoms with Gasteiger partial charge in [-0.2, -0.15) is 0 Å². The summed E-state index contributed by atoms with van der Waals surface area (Å²) in [7, 11) is 0. The number of halogens is 1. The molecule has 1 saturated heterocycles. The van der Waals surface area contributed by atoms with Gasteiger partial charge in [-0.1, -0.05) is 6.92 Å². The summed E-state index contributed by atoms with van der Waals surface area (Å²) in [5, 5.41) is 0. The highest BCUT2D eigenvalue weighted by Gasteiger charge is 2.36. The monoisotopic (exact) mass is 217 g/mol. The van der Waals surface area contributed by atoms with Crippen molar-refractivity contribution in [1.82, 2.24) is 4.90 Å². The maximum absolute atomic E-state index is 12.1. The molecule has 0 aromatic heterocycles. The molecule has 1 aliphatic rings. The van der Waals surface area contributed by atoms with Crippen LogP contribution in [0.5, 0.6) is 0 Å². The van der Waals surface area contributed by atoms with E-state index in [-0.39, 0.29) is 5.91 Å². The number of rotatable bonds is 3. The Morgan fingerprint density at radius 3 is 2.71 bits per heavy atom. The van der Waals surface area contributed by atoms with Crippen LogP contribution in [0.2, 0.25) is 0 Å². The van der Waals surface area contributed by atoms with Crippen LogP contribution in [0.4, 0.5) is 0 Å². The fourth-order valence-electron chi connectivity index (χ4n) is 1.97. The van der Waals surface area contributed by atoms with E-state index in [9.17, 15) is 4.79 Å². The molecule has 3 heteroatoms. The lowest BCUT2D eigenvalue weighted by atomic mass is 9.94. The van der Waals surface area contributed by atoms with Gasteiger partial charge in [0.05, 0.1) is 5.41 Å². The molecule has 0 aromatic rings. The van der Waals surface area contributed by atoms with Gasteiger partial charge in [-0.05, 0) is 33.1 Å². The van der Waals surface area contributed by atoms with Crippen molar-refractivity contribution in [2.45, 2.75) is 46.1 Å². The van der Waals surface area contributed by atoms with Gasteiger partial charge in [0.1, 0.15) is 0 Å². The van der Waals surface area contributed by atoms with Gasteiger partial charge >= 0.3 is 0 Å². The maximum atomic E-state index is 12.1. The van der Waals surface area contributed by atoms with Crippen molar-refractivity contribution < 1.29 is 4.79 Å². The van der Waals surface area contributed by atoms with Gasteiger partial charge in [-0.3, -0.25) is 4.79 Å². The van der Waals surface area contributed by atoms with E-state index < -0.39 is 5.41 Å². The molecule has 0 spiro atoms. The fourth-order valence-corrected chi connectivity index (χ4v) is 2.09. The Balaban J connectivity index is 2.69. The number of hydrogen-bond donors (Lipinski definition) is 0. The Hall–Kier alpha value is -0.240. The molecule has 1 rings (SSSR count). The molecule has 0 saturated carbocycles. The van der Waals surface area contributed by atoms with Gasteiger partial charge in [0, 0.05) is 18.5 Å². The third kappa shape index (κ3) is 2.22. The summed E-state index contributed by atoms with van der Waals surface area (Å²) in [4.78, 5) is 14.1. The Morgan fingerprint density at radius 2 is 2.21 bits per heavy atom. The normalized spacial score (nSPS) is 22.9. The molecule has 0 radical (unpaired) electrons. The van der Waals surface area contributed by atoms with Crippen LogP contribution in [0.15, 0.2) is 0 Å². The van der Waals surface area contributed by atoms with Gasteiger partial charge in [0.15, 0.2) is 0 Å². The summed E-state index contributed by atoms with van der Waals surface area (Å²) in [5.74, 6) is 0.621. The summed E-state index contributed by atoms with van der Waals surface area (Å²) in [6, 6.07) is 0.449. The highest BCUT2D eigenvalue weighted by atomic mass is 35.5. The van der Waals surface area contributed by atoms with E-state index in [0.29, 0.717) is 11.9 Å². The summed E-state index contributed by atoms with van der Waals surface area (Å²) < 4.78 is 0. The molecule has 82 valence electrons. The lowest BCUT2D eigenvalue weighted by molar-refractivity contribution is -0.140. The smallest absolute Gasteiger partial charge is 0.229 e. The predicted octanol–water partition coefficient (Wildman–Crippen LogP) is 2.65. The van der Waals surface area contributed by atoms with Crippen molar-refractivity contribution in [1.29, 1.82) is 0 Å². The molecule has 1 unspecified atom stereocenters. The predicted molar refractivity (Wildman–Crippen MR) is 59.5 cm³/mol. The molecule has 0 aliphatic carbocycles. The Morgan fingerprint density at radius 1 is 1.57 bits per heavy atom. The summed E-state index contributed by atoms with van der Waals surface area (Å²) in [5.41, 5.74) is -0.403. The SMILES string of the molecule is CCC1CCCN1C(=O)C(C)(C)CCl. The molecule has 1 atom stereocenters. The van der Waals surface area contributed by atoms with Crippen LogP contribution in [0, 0.1) is 5.41 Å². The highest BCUT2D eigenvalue weighted by molar-refractivity contribution is 6.19. The van der Waals surface area contributed by atoms with E-state index in [0.717, 1.165) is 25.8 Å². The number of carbonyl (C=O) groups excluding carboxylic acids is 1. The third-order valence-corrected chi connectivity index (χ3v) is 3.69. The van der Waals surface area contributed by atoms with Gasteiger partial charge in [0.2, 0.25) is 5.91 Å². The Bertz CT molecular complexity index is 215. The second-order valence-corrected chi connectivity index (χ2v) is 4.99. The first-order chi connectivity index (χ1) is 6.53. The topological polar surface area (TPSA) is 20.3 Å².